The molecule has 0 rings (SSSR count). The Balaban J connectivity index is 9.14. The minimum Gasteiger partial charge on any atom is -0.315 e. The van der Waals surface area contributed by atoms with E-state index in [0.717, 1.165) is 0 Å². The van der Waals surface area contributed by atoms with Crippen LogP contribution in [0.1, 0.15) is 125 Å². The van der Waals surface area contributed by atoms with E-state index in [1.165, 1.54) is 0 Å². The number of alkyl halides is 3. The minimum atomic E-state index is -5.85. The lowest BCUT2D eigenvalue weighted by Crippen LogP contribution is -2.91. The van der Waals surface area contributed by atoms with Crippen molar-refractivity contribution in [1.29, 1.82) is 0 Å². The van der Waals surface area contributed by atoms with Crippen LogP contribution in [0.4, 0.5) is 13.2 Å². The lowest BCUT2D eigenvalue weighted by Gasteiger charge is -2.75. The van der Waals surface area contributed by atoms with Gasteiger partial charge in [-0.25, -0.2) is 0 Å². The van der Waals surface area contributed by atoms with Crippen molar-refractivity contribution in [3.8, 4) is 0 Å². The topological polar surface area (TPSA) is 43.4 Å². The molecule has 10 heteroatoms. The fraction of sp³-hybridized carbons (Fsp3) is 1.00. The highest BCUT2D eigenvalue weighted by molar-refractivity contribution is 7.91. The molecule has 0 N–H and O–H groups in total. The highest BCUT2D eigenvalue weighted by atomic mass is 32.2. The average Bonchev–Trinajstić information content (AvgIpc) is 2.33. The molecule has 0 atom stereocenters. The molecule has 0 aliphatic rings. The molecule has 3 nitrogen and oxygen atoms in total. The average molecular weight is 591 g/mol. The Morgan fingerprint density at radius 3 is 0.750 bits per heavy atom. The first kappa shape index (κ1) is 36.4. The van der Waals surface area contributed by atoms with Gasteiger partial charge in [-0.2, -0.15) is 21.6 Å². The second-order valence-electron chi connectivity index (χ2n) is 17.0. The van der Waals surface area contributed by atoms with Crippen LogP contribution in [-0.2, 0) is 14.0 Å². The van der Waals surface area contributed by atoms with Crippen molar-refractivity contribution in [1.82, 2.24) is 0 Å². The fourth-order valence-electron chi connectivity index (χ4n) is 11.7. The maximum Gasteiger partial charge on any atom is 0.522 e. The first-order chi connectivity index (χ1) is 15.0. The van der Waals surface area contributed by atoms with Gasteiger partial charge in [0.2, 0.25) is 0 Å². The molecule has 0 heterocycles. The quantitative estimate of drug-likeness (QED) is 0.242. The zero-order valence-electron chi connectivity index (χ0n) is 26.8. The van der Waals surface area contributed by atoms with Gasteiger partial charge in [0.15, 0.2) is 7.35 Å². The normalized spacial score (nSPS) is 16.9. The van der Waals surface area contributed by atoms with E-state index in [4.69, 9.17) is 3.87 Å². The summed E-state index contributed by atoms with van der Waals surface area (Å²) in [5.74, 6) is 0. The van der Waals surface area contributed by atoms with Gasteiger partial charge < -0.3 is 3.87 Å². The summed E-state index contributed by atoms with van der Waals surface area (Å²) in [4.78, 5) is 0. The van der Waals surface area contributed by atoms with Crippen LogP contribution >= 0.6 is 0 Å². The molecule has 0 aromatic rings. The summed E-state index contributed by atoms with van der Waals surface area (Å²) < 4.78 is 75.5. The fourth-order valence-corrected chi connectivity index (χ4v) is 94.5. The van der Waals surface area contributed by atoms with Crippen molar-refractivity contribution in [2.75, 3.05) is 0 Å². The standard InChI is InChI=1S/C26H57F3O3SSi3/c1-20(2,3)35(21(4,5)6,22(7,8)9)34(19,32-33(30,31)26(27,28)29)36(23(10,11)12,24(13,14)15)25(16,17)18/h1-19H3. The third kappa shape index (κ3) is 5.01. The smallest absolute Gasteiger partial charge is 0.315 e. The summed E-state index contributed by atoms with van der Waals surface area (Å²) in [6.45, 7) is 40.1. The van der Waals surface area contributed by atoms with Crippen LogP contribution in [0.2, 0.25) is 36.8 Å². The number of hydrogen-bond donors (Lipinski definition) is 0. The highest BCUT2D eigenvalue weighted by Gasteiger charge is 2.84. The Hall–Kier alpha value is 0.351. The molecule has 218 valence electrons. The van der Waals surface area contributed by atoms with Crippen LogP contribution in [0.25, 0.3) is 0 Å². The van der Waals surface area contributed by atoms with Gasteiger partial charge in [-0.15, -0.1) is 0 Å². The van der Waals surface area contributed by atoms with Crippen molar-refractivity contribution in [3.05, 3.63) is 0 Å². The number of halogens is 3. The van der Waals surface area contributed by atoms with Crippen molar-refractivity contribution >= 4 is 32.7 Å². The van der Waals surface area contributed by atoms with Crippen molar-refractivity contribution in [3.63, 3.8) is 0 Å². The third-order valence-electron chi connectivity index (χ3n) is 8.74. The van der Waals surface area contributed by atoms with Gasteiger partial charge in [-0.1, -0.05) is 125 Å². The Morgan fingerprint density at radius 2 is 0.639 bits per heavy atom. The first-order valence-corrected chi connectivity index (χ1v) is 22.8. The van der Waals surface area contributed by atoms with Gasteiger partial charge in [-0.05, 0) is 36.8 Å². The van der Waals surface area contributed by atoms with Gasteiger partial charge in [0.05, 0.1) is 15.2 Å². The summed E-state index contributed by atoms with van der Waals surface area (Å²) in [7, 11) is -16.2. The summed E-state index contributed by atoms with van der Waals surface area (Å²) in [5, 5.41) is -2.72. The van der Waals surface area contributed by atoms with Crippen molar-refractivity contribution < 1.29 is 25.5 Å². The lowest BCUT2D eigenvalue weighted by atomic mass is 10.2. The van der Waals surface area contributed by atoms with Gasteiger partial charge in [0.25, 0.3) is 0 Å². The zero-order chi connectivity index (χ0) is 30.2. The Kier molecular flexibility index (Phi) is 9.29. The van der Waals surface area contributed by atoms with Gasteiger partial charge >= 0.3 is 15.6 Å². The van der Waals surface area contributed by atoms with Gasteiger partial charge in [-0.3, -0.25) is 0 Å². The van der Waals surface area contributed by atoms with E-state index in [0.29, 0.717) is 0 Å². The largest absolute Gasteiger partial charge is 0.522 e. The predicted molar refractivity (Wildman–Crippen MR) is 157 cm³/mol. The van der Waals surface area contributed by atoms with E-state index in [2.05, 4.69) is 125 Å². The lowest BCUT2D eigenvalue weighted by molar-refractivity contribution is -0.0502. The molecule has 0 aromatic heterocycles. The van der Waals surface area contributed by atoms with Crippen LogP contribution in [0.5, 0.6) is 0 Å². The molecule has 36 heavy (non-hydrogen) atoms. The molecule has 0 bridgehead atoms. The molecule has 0 saturated carbocycles. The van der Waals surface area contributed by atoms with Crippen LogP contribution in [0.3, 0.4) is 0 Å². The van der Waals surface area contributed by atoms with Crippen LogP contribution in [0.15, 0.2) is 0 Å². The van der Waals surface area contributed by atoms with Crippen LogP contribution < -0.4 is 0 Å². The van der Waals surface area contributed by atoms with E-state index < -0.39 is 68.4 Å². The zero-order valence-corrected chi connectivity index (χ0v) is 30.6. The van der Waals surface area contributed by atoms with E-state index in [-0.39, 0.29) is 0 Å². The predicted octanol–water partition coefficient (Wildman–Crippen LogP) is 10.3. The Labute approximate surface area is 224 Å². The van der Waals surface area contributed by atoms with E-state index in [9.17, 15) is 21.6 Å². The Morgan fingerprint density at radius 1 is 0.472 bits per heavy atom. The summed E-state index contributed by atoms with van der Waals surface area (Å²) in [5.41, 5.74) is -5.48. The second-order valence-corrected chi connectivity index (χ2v) is 44.8. The second kappa shape index (κ2) is 9.20. The van der Waals surface area contributed by atoms with E-state index in [1.54, 1.807) is 0 Å². The maximum absolute atomic E-state index is 14.3. The van der Waals surface area contributed by atoms with Crippen LogP contribution in [0, 0.1) is 0 Å². The highest BCUT2D eigenvalue weighted by Crippen LogP contribution is 2.75. The summed E-state index contributed by atoms with van der Waals surface area (Å²) in [6, 6.07) is 0. The summed E-state index contributed by atoms with van der Waals surface area (Å²) >= 11 is 0. The molecule has 0 fully saturated rings. The molecule has 0 aliphatic carbocycles. The molecule has 0 amide bonds. The molecule has 0 radical (unpaired) electrons. The molecule has 0 aliphatic heterocycles. The molecule has 0 unspecified atom stereocenters. The SMILES string of the molecule is CC(C)(C)[Si](C(C)(C)C)(C(C)(C)C)[Si](C)(OS(=O)(=O)C(F)(F)F)[Si](C(C)(C)C)(C(C)(C)C)C(C)(C)C. The van der Waals surface area contributed by atoms with Gasteiger partial charge in [0, 0.05) is 0 Å². The van der Waals surface area contributed by atoms with E-state index in [1.807, 2.05) is 6.55 Å². The monoisotopic (exact) mass is 590 g/mol. The molecule has 0 spiro atoms. The third-order valence-corrected chi connectivity index (χ3v) is 58.2. The maximum atomic E-state index is 14.3. The molecular weight excluding hydrogens is 534 g/mol. The summed E-state index contributed by atoms with van der Waals surface area (Å²) in [6.07, 6.45) is 0. The number of hydrogen-bond acceptors (Lipinski definition) is 3. The van der Waals surface area contributed by atoms with E-state index >= 15 is 0 Å². The Bertz CT molecular complexity index is 779. The first-order valence-electron chi connectivity index (χ1n) is 13.0. The molecular formula is C26H57F3O3SSi3. The molecule has 0 saturated heterocycles. The minimum absolute atomic E-state index is 0.453. The van der Waals surface area contributed by atoms with Gasteiger partial charge in [0.1, 0.15) is 0 Å². The molecule has 0 aromatic carbocycles. The van der Waals surface area contributed by atoms with Crippen molar-refractivity contribution in [2.45, 2.75) is 167 Å². The van der Waals surface area contributed by atoms with Crippen LogP contribution in [-0.4, -0.2) is 36.5 Å². The van der Waals surface area contributed by atoms with Crippen molar-refractivity contribution in [2.24, 2.45) is 0 Å². The number of rotatable bonds is 4.